The molecule has 0 N–H and O–H groups in total. The fourth-order valence-electron chi connectivity index (χ4n) is 1.87. The first-order valence-corrected chi connectivity index (χ1v) is 10.7. The molecule has 0 radical (unpaired) electrons. The molecule has 19 heavy (non-hydrogen) atoms. The predicted octanol–water partition coefficient (Wildman–Crippen LogP) is 5.61. The summed E-state index contributed by atoms with van der Waals surface area (Å²) < 4.78 is 5.89. The van der Waals surface area contributed by atoms with E-state index in [1.54, 1.807) is 0 Å². The highest BCUT2D eigenvalue weighted by atomic mass is 28.4. The summed E-state index contributed by atoms with van der Waals surface area (Å²) in [5.74, 6) is 0. The van der Waals surface area contributed by atoms with Gasteiger partial charge in [0, 0.05) is 0 Å². The van der Waals surface area contributed by atoms with Gasteiger partial charge in [-0.2, -0.15) is 0 Å². The Kier molecular flexibility index (Phi) is 6.78. The van der Waals surface area contributed by atoms with E-state index in [0.29, 0.717) is 0 Å². The van der Waals surface area contributed by atoms with Crippen molar-refractivity contribution in [2.75, 3.05) is 0 Å². The highest BCUT2D eigenvalue weighted by molar-refractivity contribution is 6.73. The van der Waals surface area contributed by atoms with Crippen molar-refractivity contribution in [2.24, 2.45) is 0 Å². The van der Waals surface area contributed by atoms with Crippen molar-refractivity contribution in [3.05, 3.63) is 12.2 Å². The van der Waals surface area contributed by atoms with Crippen molar-refractivity contribution in [1.82, 2.24) is 0 Å². The molecule has 0 heterocycles. The standard InChI is InChI=1S/C16H32O2Si/c1-16(2,3)19(4,5)18-17-15-13-11-9-7-6-8-10-12-14-15/h11,13,15H,6-10,12,14H2,1-5H3. The van der Waals surface area contributed by atoms with Gasteiger partial charge in [-0.1, -0.05) is 58.6 Å². The lowest BCUT2D eigenvalue weighted by Crippen LogP contribution is -2.41. The van der Waals surface area contributed by atoms with Gasteiger partial charge in [-0.15, -0.1) is 0 Å². The van der Waals surface area contributed by atoms with Crippen LogP contribution in [0.4, 0.5) is 0 Å². The van der Waals surface area contributed by atoms with Crippen LogP contribution in [-0.4, -0.2) is 14.4 Å². The van der Waals surface area contributed by atoms with E-state index < -0.39 is 8.32 Å². The first-order valence-electron chi connectivity index (χ1n) is 7.84. The largest absolute Gasteiger partial charge is 0.286 e. The van der Waals surface area contributed by atoms with Gasteiger partial charge >= 0.3 is 0 Å². The summed E-state index contributed by atoms with van der Waals surface area (Å²) in [5.41, 5.74) is 0. The van der Waals surface area contributed by atoms with Crippen LogP contribution in [0.15, 0.2) is 12.2 Å². The average Bonchev–Trinajstić information content (AvgIpc) is 2.32. The number of hydrogen-bond donors (Lipinski definition) is 0. The van der Waals surface area contributed by atoms with E-state index >= 15 is 0 Å². The van der Waals surface area contributed by atoms with Crippen LogP contribution in [0.3, 0.4) is 0 Å². The van der Waals surface area contributed by atoms with Gasteiger partial charge in [0.2, 0.25) is 8.32 Å². The zero-order valence-corrected chi connectivity index (χ0v) is 14.5. The minimum Gasteiger partial charge on any atom is -0.286 e. The number of allylic oxidation sites excluding steroid dienone is 1. The van der Waals surface area contributed by atoms with E-state index in [0.717, 1.165) is 6.42 Å². The lowest BCUT2D eigenvalue weighted by atomic mass is 10.0. The minimum atomic E-state index is -1.80. The maximum atomic E-state index is 5.89. The fraction of sp³-hybridized carbons (Fsp3) is 0.875. The summed E-state index contributed by atoms with van der Waals surface area (Å²) >= 11 is 0. The molecule has 2 nitrogen and oxygen atoms in total. The zero-order chi connectivity index (χ0) is 14.4. The molecule has 0 amide bonds. The molecular formula is C16H32O2Si. The van der Waals surface area contributed by atoms with Crippen LogP contribution >= 0.6 is 0 Å². The van der Waals surface area contributed by atoms with E-state index in [1.807, 2.05) is 0 Å². The molecule has 1 unspecified atom stereocenters. The predicted molar refractivity (Wildman–Crippen MR) is 84.6 cm³/mol. The quantitative estimate of drug-likeness (QED) is 0.290. The molecule has 0 bridgehead atoms. The molecule has 1 atom stereocenters. The van der Waals surface area contributed by atoms with Crippen molar-refractivity contribution in [3.8, 4) is 0 Å². The number of hydrogen-bond acceptors (Lipinski definition) is 2. The van der Waals surface area contributed by atoms with Gasteiger partial charge in [-0.3, -0.25) is 4.58 Å². The molecule has 0 fully saturated rings. The summed E-state index contributed by atoms with van der Waals surface area (Å²) in [6.45, 7) is 11.2. The SMILES string of the molecule is CC(C)(C)[Si](C)(C)OOC1C=CCCCCCCC1. The molecule has 3 heteroatoms. The van der Waals surface area contributed by atoms with Gasteiger partial charge in [-0.25, -0.2) is 4.89 Å². The lowest BCUT2D eigenvalue weighted by Gasteiger charge is -2.35. The zero-order valence-electron chi connectivity index (χ0n) is 13.5. The van der Waals surface area contributed by atoms with Crippen molar-refractivity contribution >= 4 is 8.32 Å². The third kappa shape index (κ3) is 6.24. The second-order valence-electron chi connectivity index (χ2n) is 7.25. The molecular weight excluding hydrogens is 252 g/mol. The molecule has 1 aliphatic rings. The fourth-order valence-corrected chi connectivity index (χ4v) is 2.48. The van der Waals surface area contributed by atoms with Crippen LogP contribution in [0.2, 0.25) is 18.1 Å². The molecule has 0 saturated carbocycles. The van der Waals surface area contributed by atoms with Crippen molar-refractivity contribution in [3.63, 3.8) is 0 Å². The summed E-state index contributed by atoms with van der Waals surface area (Å²) in [6.07, 6.45) is 13.5. The monoisotopic (exact) mass is 284 g/mol. The van der Waals surface area contributed by atoms with Gasteiger partial charge in [0.25, 0.3) is 0 Å². The van der Waals surface area contributed by atoms with Crippen LogP contribution in [0.25, 0.3) is 0 Å². The van der Waals surface area contributed by atoms with Gasteiger partial charge in [0.05, 0.1) is 0 Å². The lowest BCUT2D eigenvalue weighted by molar-refractivity contribution is -0.246. The Morgan fingerprint density at radius 3 is 2.32 bits per heavy atom. The second kappa shape index (κ2) is 7.60. The van der Waals surface area contributed by atoms with E-state index in [-0.39, 0.29) is 11.1 Å². The van der Waals surface area contributed by atoms with E-state index in [9.17, 15) is 0 Å². The minimum absolute atomic E-state index is 0.146. The summed E-state index contributed by atoms with van der Waals surface area (Å²) in [7, 11) is -1.80. The first-order chi connectivity index (χ1) is 8.83. The normalized spacial score (nSPS) is 23.3. The summed E-state index contributed by atoms with van der Waals surface area (Å²) in [4.78, 5) is 5.78. The Labute approximate surface area is 120 Å². The van der Waals surface area contributed by atoms with Crippen molar-refractivity contribution in [1.29, 1.82) is 0 Å². The maximum absolute atomic E-state index is 5.89. The summed E-state index contributed by atoms with van der Waals surface area (Å²) in [6, 6.07) is 0. The molecule has 0 spiro atoms. The Morgan fingerprint density at radius 1 is 1.00 bits per heavy atom. The molecule has 0 aromatic carbocycles. The van der Waals surface area contributed by atoms with E-state index in [1.165, 1.54) is 38.5 Å². The van der Waals surface area contributed by atoms with Crippen LogP contribution < -0.4 is 0 Å². The molecule has 1 aliphatic carbocycles. The third-order valence-corrected chi connectivity index (χ3v) is 8.52. The smallest absolute Gasteiger partial charge is 0.238 e. The summed E-state index contributed by atoms with van der Waals surface area (Å²) in [5, 5.41) is 0.201. The Morgan fingerprint density at radius 2 is 1.63 bits per heavy atom. The van der Waals surface area contributed by atoms with E-state index in [2.05, 4.69) is 46.0 Å². The molecule has 0 aliphatic heterocycles. The molecule has 0 aromatic heterocycles. The van der Waals surface area contributed by atoms with Gasteiger partial charge in [0.15, 0.2) is 0 Å². The Hall–Kier alpha value is -0.123. The maximum Gasteiger partial charge on any atom is 0.238 e. The molecule has 0 saturated heterocycles. The Balaban J connectivity index is 2.48. The molecule has 1 rings (SSSR count). The van der Waals surface area contributed by atoms with Crippen LogP contribution in [-0.2, 0) is 9.46 Å². The highest BCUT2D eigenvalue weighted by Crippen LogP contribution is 2.37. The van der Waals surface area contributed by atoms with Crippen molar-refractivity contribution in [2.45, 2.75) is 90.0 Å². The van der Waals surface area contributed by atoms with E-state index in [4.69, 9.17) is 9.46 Å². The van der Waals surface area contributed by atoms with Gasteiger partial charge in [-0.05, 0) is 37.4 Å². The van der Waals surface area contributed by atoms with Crippen molar-refractivity contribution < 1.29 is 9.46 Å². The van der Waals surface area contributed by atoms with Crippen LogP contribution in [0.5, 0.6) is 0 Å². The van der Waals surface area contributed by atoms with Crippen LogP contribution in [0.1, 0.15) is 65.7 Å². The highest BCUT2D eigenvalue weighted by Gasteiger charge is 2.39. The molecule has 112 valence electrons. The van der Waals surface area contributed by atoms with Crippen LogP contribution in [0, 0.1) is 0 Å². The topological polar surface area (TPSA) is 18.5 Å². The third-order valence-electron chi connectivity index (χ3n) is 4.40. The van der Waals surface area contributed by atoms with Gasteiger partial charge < -0.3 is 0 Å². The first kappa shape index (κ1) is 16.9. The second-order valence-corrected chi connectivity index (χ2v) is 11.9. The number of rotatable bonds is 3. The van der Waals surface area contributed by atoms with Gasteiger partial charge in [0.1, 0.15) is 6.10 Å². The molecule has 0 aromatic rings. The average molecular weight is 285 g/mol. The Bertz CT molecular complexity index is 279.